The molecule has 0 unspecified atom stereocenters. The van der Waals surface area contributed by atoms with Crippen molar-refractivity contribution in [1.29, 1.82) is 0 Å². The van der Waals surface area contributed by atoms with E-state index in [-0.39, 0.29) is 22.5 Å². The smallest absolute Gasteiger partial charge is 0.287 e. The zero-order valence-electron chi connectivity index (χ0n) is 15.6. The minimum absolute atomic E-state index is 0.0563. The van der Waals surface area contributed by atoms with E-state index >= 15 is 0 Å². The molecule has 9 heteroatoms. The zero-order valence-corrected chi connectivity index (χ0v) is 16.3. The van der Waals surface area contributed by atoms with Crippen molar-refractivity contribution in [2.45, 2.75) is 12.7 Å². The Bertz CT molecular complexity index is 1360. The maximum absolute atomic E-state index is 14.2. The van der Waals surface area contributed by atoms with Gasteiger partial charge in [0.25, 0.3) is 0 Å². The van der Waals surface area contributed by atoms with Crippen LogP contribution < -0.4 is 5.43 Å². The van der Waals surface area contributed by atoms with Crippen molar-refractivity contribution in [1.82, 2.24) is 9.78 Å². The van der Waals surface area contributed by atoms with Gasteiger partial charge in [0.2, 0.25) is 5.43 Å². The Morgan fingerprint density at radius 2 is 1.71 bits per heavy atom. The van der Waals surface area contributed by atoms with Gasteiger partial charge in [-0.3, -0.25) is 9.48 Å². The highest BCUT2D eigenvalue weighted by atomic mass is 35.5. The molecule has 0 saturated heterocycles. The molecule has 0 aliphatic rings. The van der Waals surface area contributed by atoms with Gasteiger partial charge in [-0.1, -0.05) is 35.9 Å². The average Bonchev–Trinajstić information content (AvgIpc) is 2.71. The topological polar surface area (TPSA) is 34.9 Å². The second kappa shape index (κ2) is 7.77. The number of hydrogen-bond donors (Lipinski definition) is 0. The fourth-order valence-electron chi connectivity index (χ4n) is 3.30. The Balaban J connectivity index is 1.99. The van der Waals surface area contributed by atoms with Crippen molar-refractivity contribution in [3.63, 3.8) is 0 Å². The van der Waals surface area contributed by atoms with Crippen LogP contribution in [0.15, 0.2) is 65.5 Å². The van der Waals surface area contributed by atoms with Gasteiger partial charge in [-0.2, -0.15) is 18.3 Å². The summed E-state index contributed by atoms with van der Waals surface area (Å²) in [5, 5.41) is 4.10. The highest BCUT2D eigenvalue weighted by Gasteiger charge is 2.35. The minimum Gasteiger partial charge on any atom is -0.287 e. The van der Waals surface area contributed by atoms with Crippen molar-refractivity contribution in [3.05, 3.63) is 98.7 Å². The molecule has 3 aromatic carbocycles. The molecule has 0 amide bonds. The van der Waals surface area contributed by atoms with Crippen molar-refractivity contribution >= 4 is 22.5 Å². The number of alkyl halides is 3. The first kappa shape index (κ1) is 21.0. The molecule has 0 saturated carbocycles. The molecule has 0 fully saturated rings. The van der Waals surface area contributed by atoms with Crippen LogP contribution in [-0.4, -0.2) is 9.78 Å². The van der Waals surface area contributed by atoms with E-state index in [9.17, 15) is 26.7 Å². The van der Waals surface area contributed by atoms with Crippen LogP contribution in [0.1, 0.15) is 11.1 Å². The predicted octanol–water partition coefficient (Wildman–Crippen LogP) is 6.06. The van der Waals surface area contributed by atoms with Crippen molar-refractivity contribution in [2.75, 3.05) is 0 Å². The molecule has 0 spiro atoms. The van der Waals surface area contributed by atoms with E-state index in [0.29, 0.717) is 11.6 Å². The molecule has 0 aliphatic heterocycles. The summed E-state index contributed by atoms with van der Waals surface area (Å²) in [6, 6.07) is 12.2. The van der Waals surface area contributed by atoms with Gasteiger partial charge < -0.3 is 0 Å². The fourth-order valence-corrected chi connectivity index (χ4v) is 3.48. The van der Waals surface area contributed by atoms with Crippen LogP contribution in [0.2, 0.25) is 5.02 Å². The molecule has 1 aromatic heterocycles. The standard InChI is InChI=1S/C22H12ClF5N2O/c23-13-6-8-15(17(9-13)22(26,27)28)20-21(31)16-3-1-2-4-19(16)30(29-20)11-12-5-7-14(24)10-18(12)25/h1-10H,11H2. The summed E-state index contributed by atoms with van der Waals surface area (Å²) < 4.78 is 69.5. The van der Waals surface area contributed by atoms with Crippen LogP contribution in [0.3, 0.4) is 0 Å². The lowest BCUT2D eigenvalue weighted by Gasteiger charge is -2.16. The van der Waals surface area contributed by atoms with E-state index in [0.717, 1.165) is 18.2 Å². The first-order valence-corrected chi connectivity index (χ1v) is 9.34. The quantitative estimate of drug-likeness (QED) is 0.355. The number of para-hydroxylation sites is 1. The Morgan fingerprint density at radius 1 is 0.968 bits per heavy atom. The number of hydrogen-bond acceptors (Lipinski definition) is 2. The lowest BCUT2D eigenvalue weighted by molar-refractivity contribution is -0.137. The van der Waals surface area contributed by atoms with Gasteiger partial charge in [0, 0.05) is 27.6 Å². The fraction of sp³-hybridized carbons (Fsp3) is 0.0909. The maximum Gasteiger partial charge on any atom is 0.417 e. The molecule has 3 nitrogen and oxygen atoms in total. The molecular formula is C22H12ClF5N2O. The van der Waals surface area contributed by atoms with E-state index in [1.807, 2.05) is 0 Å². The summed E-state index contributed by atoms with van der Waals surface area (Å²) in [5.41, 5.74) is -2.37. The number of aromatic nitrogens is 2. The minimum atomic E-state index is -4.78. The van der Waals surface area contributed by atoms with Gasteiger partial charge in [-0.25, -0.2) is 8.78 Å². The van der Waals surface area contributed by atoms with Crippen LogP contribution in [0.4, 0.5) is 22.0 Å². The van der Waals surface area contributed by atoms with Crippen molar-refractivity contribution < 1.29 is 22.0 Å². The Morgan fingerprint density at radius 3 is 2.42 bits per heavy atom. The number of fused-ring (bicyclic) bond motifs is 1. The molecule has 0 radical (unpaired) electrons. The molecule has 158 valence electrons. The van der Waals surface area contributed by atoms with Crippen LogP contribution >= 0.6 is 11.6 Å². The monoisotopic (exact) mass is 450 g/mol. The van der Waals surface area contributed by atoms with Crippen LogP contribution in [0.25, 0.3) is 22.2 Å². The number of nitrogens with zero attached hydrogens (tertiary/aromatic N) is 2. The van der Waals surface area contributed by atoms with E-state index in [4.69, 9.17) is 11.6 Å². The second-order valence-corrected chi connectivity index (χ2v) is 7.21. The summed E-state index contributed by atoms with van der Waals surface area (Å²) in [6.07, 6.45) is -4.78. The molecule has 4 rings (SSSR count). The first-order chi connectivity index (χ1) is 14.6. The number of benzene rings is 3. The van der Waals surface area contributed by atoms with Crippen LogP contribution in [0, 0.1) is 11.6 Å². The highest BCUT2D eigenvalue weighted by molar-refractivity contribution is 6.30. The van der Waals surface area contributed by atoms with Gasteiger partial charge in [0.15, 0.2) is 0 Å². The summed E-state index contributed by atoms with van der Waals surface area (Å²) >= 11 is 5.74. The third-order valence-corrected chi connectivity index (χ3v) is 4.97. The summed E-state index contributed by atoms with van der Waals surface area (Å²) in [6.45, 7) is -0.227. The third kappa shape index (κ3) is 4.03. The first-order valence-electron chi connectivity index (χ1n) is 8.96. The van der Waals surface area contributed by atoms with E-state index in [1.54, 1.807) is 18.2 Å². The van der Waals surface area contributed by atoms with Crippen LogP contribution in [0.5, 0.6) is 0 Å². The maximum atomic E-state index is 14.2. The van der Waals surface area contributed by atoms with Crippen molar-refractivity contribution in [2.24, 2.45) is 0 Å². The van der Waals surface area contributed by atoms with Gasteiger partial charge in [0.1, 0.15) is 17.3 Å². The normalized spacial score (nSPS) is 11.8. The molecule has 1 heterocycles. The molecule has 4 aromatic rings. The Labute approximate surface area is 177 Å². The van der Waals surface area contributed by atoms with Crippen LogP contribution in [-0.2, 0) is 12.7 Å². The molecule has 0 N–H and O–H groups in total. The Hall–Kier alpha value is -3.26. The van der Waals surface area contributed by atoms with Gasteiger partial charge in [-0.15, -0.1) is 0 Å². The van der Waals surface area contributed by atoms with Gasteiger partial charge in [0.05, 0.1) is 17.6 Å². The molecule has 0 aliphatic carbocycles. The summed E-state index contributed by atoms with van der Waals surface area (Å²) in [5.74, 6) is -1.61. The summed E-state index contributed by atoms with van der Waals surface area (Å²) in [7, 11) is 0. The second-order valence-electron chi connectivity index (χ2n) is 6.78. The number of rotatable bonds is 3. The molecule has 0 bridgehead atoms. The van der Waals surface area contributed by atoms with Crippen molar-refractivity contribution in [3.8, 4) is 11.3 Å². The van der Waals surface area contributed by atoms with Gasteiger partial charge >= 0.3 is 6.18 Å². The molecule has 31 heavy (non-hydrogen) atoms. The lowest BCUT2D eigenvalue weighted by Crippen LogP contribution is -2.19. The lowest BCUT2D eigenvalue weighted by atomic mass is 10.0. The largest absolute Gasteiger partial charge is 0.417 e. The summed E-state index contributed by atoms with van der Waals surface area (Å²) in [4.78, 5) is 13.0. The molecular weight excluding hydrogens is 439 g/mol. The average molecular weight is 451 g/mol. The third-order valence-electron chi connectivity index (χ3n) is 4.74. The highest BCUT2D eigenvalue weighted by Crippen LogP contribution is 2.37. The van der Waals surface area contributed by atoms with E-state index in [2.05, 4.69) is 5.10 Å². The predicted molar refractivity (Wildman–Crippen MR) is 107 cm³/mol. The zero-order chi connectivity index (χ0) is 22.3. The number of halogens is 6. The van der Waals surface area contributed by atoms with Gasteiger partial charge in [-0.05, 0) is 30.3 Å². The SMILES string of the molecule is O=c1c(-c2ccc(Cl)cc2C(F)(F)F)nn(Cc2ccc(F)cc2F)c2ccccc12. The van der Waals surface area contributed by atoms with E-state index < -0.39 is 40.1 Å². The van der Waals surface area contributed by atoms with E-state index in [1.165, 1.54) is 22.9 Å². The Kier molecular flexibility index (Phi) is 5.26. The molecule has 0 atom stereocenters.